The number of hydrogen-bond donors (Lipinski definition) is 1. The Balaban J connectivity index is 2.07. The Morgan fingerprint density at radius 2 is 1.62 bits per heavy atom. The van der Waals surface area contributed by atoms with E-state index >= 15 is 0 Å². The van der Waals surface area contributed by atoms with Gasteiger partial charge in [-0.25, -0.2) is 12.8 Å². The van der Waals surface area contributed by atoms with E-state index in [1.54, 1.807) is 44.2 Å². The van der Waals surface area contributed by atoms with Crippen molar-refractivity contribution in [1.82, 2.24) is 10.2 Å². The lowest BCUT2D eigenvalue weighted by Gasteiger charge is -2.32. The Labute approximate surface area is 221 Å². The molecule has 1 N–H and O–H groups in total. The van der Waals surface area contributed by atoms with Gasteiger partial charge in [0.1, 0.15) is 18.4 Å². The zero-order valence-corrected chi connectivity index (χ0v) is 22.6. The first-order chi connectivity index (χ1) is 17.4. The highest BCUT2D eigenvalue weighted by Gasteiger charge is 2.33. The zero-order chi connectivity index (χ0) is 27.3. The third-order valence-electron chi connectivity index (χ3n) is 6.08. The molecule has 3 aromatic rings. The van der Waals surface area contributed by atoms with E-state index in [0.29, 0.717) is 16.1 Å². The highest BCUT2D eigenvalue weighted by molar-refractivity contribution is 7.92. The molecule has 0 aromatic heterocycles. The van der Waals surface area contributed by atoms with E-state index in [-0.39, 0.29) is 17.1 Å². The summed E-state index contributed by atoms with van der Waals surface area (Å²) in [5, 5.41) is 2.86. The summed E-state index contributed by atoms with van der Waals surface area (Å²) in [4.78, 5) is 27.5. The third-order valence-corrected chi connectivity index (χ3v) is 8.26. The minimum Gasteiger partial charge on any atom is -0.357 e. The number of amides is 2. The number of nitrogens with zero attached hydrogens (tertiary/aromatic N) is 2. The van der Waals surface area contributed by atoms with Crippen LogP contribution in [0.3, 0.4) is 0 Å². The predicted molar refractivity (Wildman–Crippen MR) is 142 cm³/mol. The number of benzene rings is 3. The molecule has 0 heterocycles. The van der Waals surface area contributed by atoms with E-state index in [2.05, 4.69) is 5.32 Å². The molecule has 0 saturated carbocycles. The van der Waals surface area contributed by atoms with Crippen LogP contribution in [0.2, 0.25) is 5.02 Å². The first kappa shape index (κ1) is 28.1. The van der Waals surface area contributed by atoms with E-state index in [9.17, 15) is 22.4 Å². The molecule has 0 spiro atoms. The minimum atomic E-state index is -4.19. The van der Waals surface area contributed by atoms with Gasteiger partial charge < -0.3 is 10.2 Å². The van der Waals surface area contributed by atoms with Crippen molar-refractivity contribution in [1.29, 1.82) is 0 Å². The minimum absolute atomic E-state index is 0.00899. The van der Waals surface area contributed by atoms with Gasteiger partial charge in [0.2, 0.25) is 11.8 Å². The SMILES string of the molecule is CNC(=O)[C@H](C)N(Cc1ccc(F)cc1)C(=O)CN(c1cccc(Cl)c1C)S(=O)(=O)c1ccc(C)cc1. The number of carbonyl (C=O) groups excluding carboxylic acids is 2. The first-order valence-corrected chi connectivity index (χ1v) is 13.4. The molecule has 37 heavy (non-hydrogen) atoms. The molecule has 0 aliphatic rings. The molecule has 0 radical (unpaired) electrons. The second kappa shape index (κ2) is 11.7. The van der Waals surface area contributed by atoms with Crippen LogP contribution in [0.5, 0.6) is 0 Å². The molecular weight excluding hydrogens is 517 g/mol. The van der Waals surface area contributed by atoms with E-state index in [4.69, 9.17) is 11.6 Å². The maximum atomic E-state index is 13.8. The average molecular weight is 546 g/mol. The van der Waals surface area contributed by atoms with Crippen molar-refractivity contribution in [2.24, 2.45) is 0 Å². The summed E-state index contributed by atoms with van der Waals surface area (Å²) in [5.41, 5.74) is 2.19. The van der Waals surface area contributed by atoms with E-state index < -0.39 is 40.2 Å². The van der Waals surface area contributed by atoms with Gasteiger partial charge in [-0.1, -0.05) is 47.5 Å². The van der Waals surface area contributed by atoms with E-state index in [0.717, 1.165) is 9.87 Å². The topological polar surface area (TPSA) is 86.8 Å². The van der Waals surface area contributed by atoms with Crippen LogP contribution >= 0.6 is 11.6 Å². The van der Waals surface area contributed by atoms with Crippen LogP contribution in [0.4, 0.5) is 10.1 Å². The number of carbonyl (C=O) groups is 2. The monoisotopic (exact) mass is 545 g/mol. The molecule has 0 fully saturated rings. The summed E-state index contributed by atoms with van der Waals surface area (Å²) in [6.07, 6.45) is 0. The number of likely N-dealkylation sites (N-methyl/N-ethyl adjacent to an activating group) is 1. The maximum Gasteiger partial charge on any atom is 0.264 e. The molecule has 3 aromatic carbocycles. The standard InChI is InChI=1S/C27H29ClFN3O4S/c1-18-8-14-23(15-9-18)37(35,36)32(25-7-5-6-24(28)19(25)2)17-26(33)31(20(3)27(34)30-4)16-21-10-12-22(29)13-11-21/h5-15,20H,16-17H2,1-4H3,(H,30,34)/t20-/m0/s1. The third kappa shape index (κ3) is 6.47. The summed E-state index contributed by atoms with van der Waals surface area (Å²) in [7, 11) is -2.74. The van der Waals surface area contributed by atoms with Gasteiger partial charge in [0, 0.05) is 18.6 Å². The number of anilines is 1. The average Bonchev–Trinajstić information content (AvgIpc) is 2.88. The van der Waals surface area contributed by atoms with Gasteiger partial charge in [-0.3, -0.25) is 13.9 Å². The smallest absolute Gasteiger partial charge is 0.264 e. The fourth-order valence-corrected chi connectivity index (χ4v) is 5.44. The molecular formula is C27H29ClFN3O4S. The normalized spacial score (nSPS) is 12.1. The van der Waals surface area contributed by atoms with Crippen LogP contribution in [0.1, 0.15) is 23.6 Å². The van der Waals surface area contributed by atoms with Crippen molar-refractivity contribution >= 4 is 39.1 Å². The molecule has 1 atom stereocenters. The maximum absolute atomic E-state index is 13.8. The van der Waals surface area contributed by atoms with Crippen molar-refractivity contribution in [2.45, 2.75) is 38.3 Å². The Morgan fingerprint density at radius 1 is 1.00 bits per heavy atom. The van der Waals surface area contributed by atoms with Crippen molar-refractivity contribution < 1.29 is 22.4 Å². The Bertz CT molecular complexity index is 1380. The largest absolute Gasteiger partial charge is 0.357 e. The first-order valence-electron chi connectivity index (χ1n) is 11.6. The Morgan fingerprint density at radius 3 is 2.22 bits per heavy atom. The number of rotatable bonds is 9. The summed E-state index contributed by atoms with van der Waals surface area (Å²) < 4.78 is 42.1. The lowest BCUT2D eigenvalue weighted by molar-refractivity contribution is -0.139. The van der Waals surface area contributed by atoms with E-state index in [1.165, 1.54) is 48.3 Å². The Kier molecular flexibility index (Phi) is 8.94. The fourth-order valence-electron chi connectivity index (χ4n) is 3.80. The van der Waals surface area contributed by atoms with Crippen molar-refractivity contribution in [3.05, 3.63) is 94.3 Å². The Hall–Kier alpha value is -3.43. The second-order valence-electron chi connectivity index (χ2n) is 8.65. The fraction of sp³-hybridized carbons (Fsp3) is 0.259. The highest BCUT2D eigenvalue weighted by atomic mass is 35.5. The molecule has 0 bridgehead atoms. The molecule has 196 valence electrons. The molecule has 7 nitrogen and oxygen atoms in total. The molecule has 0 saturated heterocycles. The number of halogens is 2. The van der Waals surface area contributed by atoms with Gasteiger partial charge in [0.05, 0.1) is 10.6 Å². The lowest BCUT2D eigenvalue weighted by atomic mass is 10.1. The lowest BCUT2D eigenvalue weighted by Crippen LogP contribution is -2.50. The number of nitrogens with one attached hydrogen (secondary N) is 1. The quantitative estimate of drug-likeness (QED) is 0.430. The molecule has 3 rings (SSSR count). The number of aryl methyl sites for hydroxylation is 1. The van der Waals surface area contributed by atoms with Crippen LogP contribution in [-0.4, -0.2) is 44.8 Å². The van der Waals surface area contributed by atoms with Gasteiger partial charge in [0.25, 0.3) is 10.0 Å². The van der Waals surface area contributed by atoms with Crippen LogP contribution in [-0.2, 0) is 26.2 Å². The number of hydrogen-bond acceptors (Lipinski definition) is 4. The molecule has 0 aliphatic carbocycles. The predicted octanol–water partition coefficient (Wildman–Crippen LogP) is 4.45. The van der Waals surface area contributed by atoms with Crippen LogP contribution in [0.25, 0.3) is 0 Å². The zero-order valence-electron chi connectivity index (χ0n) is 21.0. The summed E-state index contributed by atoms with van der Waals surface area (Å²) in [6.45, 7) is 4.44. The molecule has 2 amide bonds. The van der Waals surface area contributed by atoms with Gasteiger partial charge in [-0.15, -0.1) is 0 Å². The summed E-state index contributed by atoms with van der Waals surface area (Å²) in [6, 6.07) is 15.7. The van der Waals surface area contributed by atoms with Crippen molar-refractivity contribution in [2.75, 3.05) is 17.9 Å². The summed E-state index contributed by atoms with van der Waals surface area (Å²) >= 11 is 6.30. The van der Waals surface area contributed by atoms with Crippen LogP contribution in [0.15, 0.2) is 71.6 Å². The molecule has 10 heteroatoms. The van der Waals surface area contributed by atoms with Crippen LogP contribution < -0.4 is 9.62 Å². The summed E-state index contributed by atoms with van der Waals surface area (Å²) in [5.74, 6) is -1.48. The van der Waals surface area contributed by atoms with Crippen LogP contribution in [0, 0.1) is 19.7 Å². The van der Waals surface area contributed by atoms with Gasteiger partial charge in [-0.2, -0.15) is 0 Å². The van der Waals surface area contributed by atoms with Crippen molar-refractivity contribution in [3.8, 4) is 0 Å². The molecule has 0 unspecified atom stereocenters. The highest BCUT2D eigenvalue weighted by Crippen LogP contribution is 2.31. The van der Waals surface area contributed by atoms with Gasteiger partial charge >= 0.3 is 0 Å². The van der Waals surface area contributed by atoms with E-state index in [1.807, 2.05) is 6.92 Å². The number of sulfonamides is 1. The van der Waals surface area contributed by atoms with Crippen molar-refractivity contribution in [3.63, 3.8) is 0 Å². The second-order valence-corrected chi connectivity index (χ2v) is 10.9. The van der Waals surface area contributed by atoms with Gasteiger partial charge in [0.15, 0.2) is 0 Å². The van der Waals surface area contributed by atoms with Gasteiger partial charge in [-0.05, 0) is 68.3 Å². The molecule has 0 aliphatic heterocycles.